The van der Waals surface area contributed by atoms with Crippen molar-refractivity contribution in [2.75, 3.05) is 10.7 Å². The number of nitro groups is 2. The number of halogens is 2. The maximum atomic E-state index is 14.1. The molecule has 0 radical (unpaired) electrons. The van der Waals surface area contributed by atoms with Crippen molar-refractivity contribution in [3.63, 3.8) is 0 Å². The molecule has 0 fully saturated rings. The Morgan fingerprint density at radius 3 is 2.34 bits per heavy atom. The third kappa shape index (κ3) is 5.48. The lowest BCUT2D eigenvalue weighted by molar-refractivity contribution is -0.384. The zero-order chi connectivity index (χ0) is 23.3. The second kappa shape index (κ2) is 9.74. The SMILES string of the molecule is O=C(Cc1ccc([N+](=O)[O-])cc1)NNc1ncnc(Nc2ccc(Br)cc2F)c1[N+](=O)[O-]. The van der Waals surface area contributed by atoms with Crippen LogP contribution in [-0.4, -0.2) is 25.7 Å². The first-order valence-corrected chi connectivity index (χ1v) is 9.53. The summed E-state index contributed by atoms with van der Waals surface area (Å²) in [4.78, 5) is 40.6. The van der Waals surface area contributed by atoms with Gasteiger partial charge in [-0.15, -0.1) is 0 Å². The maximum Gasteiger partial charge on any atom is 0.355 e. The molecule has 2 aromatic carbocycles. The van der Waals surface area contributed by atoms with E-state index in [4.69, 9.17) is 0 Å². The number of amides is 1. The number of nitrogens with one attached hydrogen (secondary N) is 3. The average molecular weight is 506 g/mol. The highest BCUT2D eigenvalue weighted by Crippen LogP contribution is 2.32. The molecular formula is C18H13BrFN7O5. The molecule has 0 aliphatic rings. The largest absolute Gasteiger partial charge is 0.355 e. The van der Waals surface area contributed by atoms with Gasteiger partial charge in [-0.2, -0.15) is 0 Å². The normalized spacial score (nSPS) is 10.3. The summed E-state index contributed by atoms with van der Waals surface area (Å²) in [6, 6.07) is 9.42. The number of hydrogen-bond donors (Lipinski definition) is 3. The number of carbonyl (C=O) groups is 1. The fourth-order valence-electron chi connectivity index (χ4n) is 2.55. The number of carbonyl (C=O) groups excluding carboxylic acids is 1. The quantitative estimate of drug-likeness (QED) is 0.306. The molecule has 0 saturated carbocycles. The molecule has 0 atom stereocenters. The molecule has 0 aliphatic carbocycles. The number of rotatable bonds is 8. The molecular weight excluding hydrogens is 493 g/mol. The molecule has 0 bridgehead atoms. The van der Waals surface area contributed by atoms with Gasteiger partial charge in [0.05, 0.1) is 22.0 Å². The Labute approximate surface area is 187 Å². The zero-order valence-electron chi connectivity index (χ0n) is 15.9. The first-order chi connectivity index (χ1) is 15.2. The van der Waals surface area contributed by atoms with Crippen LogP contribution >= 0.6 is 15.9 Å². The highest BCUT2D eigenvalue weighted by atomic mass is 79.9. The summed E-state index contributed by atoms with van der Waals surface area (Å²) in [6.45, 7) is 0. The standard InChI is InChI=1S/C18H13BrFN7O5/c19-11-3-6-14(13(20)8-11)23-17-16(27(31)32)18(22-9-21-17)25-24-15(28)7-10-1-4-12(5-2-10)26(29)30/h1-6,8-9H,7H2,(H,24,28)(H2,21,22,23,25). The van der Waals surface area contributed by atoms with E-state index in [0.717, 1.165) is 6.33 Å². The molecule has 14 heteroatoms. The summed E-state index contributed by atoms with van der Waals surface area (Å²) in [5.74, 6) is -1.88. The van der Waals surface area contributed by atoms with Crippen LogP contribution in [0, 0.1) is 26.0 Å². The van der Waals surface area contributed by atoms with Crippen LogP contribution in [0.15, 0.2) is 53.3 Å². The molecule has 0 spiro atoms. The molecule has 32 heavy (non-hydrogen) atoms. The van der Waals surface area contributed by atoms with E-state index in [1.807, 2.05) is 0 Å². The number of non-ortho nitro benzene ring substituents is 1. The number of anilines is 3. The second-order valence-corrected chi connectivity index (χ2v) is 7.11. The van der Waals surface area contributed by atoms with Crippen LogP contribution in [0.25, 0.3) is 0 Å². The van der Waals surface area contributed by atoms with E-state index >= 15 is 0 Å². The van der Waals surface area contributed by atoms with E-state index in [-0.39, 0.29) is 29.4 Å². The molecule has 3 N–H and O–H groups in total. The molecule has 1 aromatic heterocycles. The smallest absolute Gasteiger partial charge is 0.332 e. The molecule has 0 unspecified atom stereocenters. The fraction of sp³-hybridized carbons (Fsp3) is 0.0556. The van der Waals surface area contributed by atoms with E-state index in [2.05, 4.69) is 42.1 Å². The fourth-order valence-corrected chi connectivity index (χ4v) is 2.88. The van der Waals surface area contributed by atoms with Crippen molar-refractivity contribution in [2.24, 2.45) is 0 Å². The van der Waals surface area contributed by atoms with Crippen molar-refractivity contribution in [1.29, 1.82) is 0 Å². The van der Waals surface area contributed by atoms with E-state index in [9.17, 15) is 29.4 Å². The van der Waals surface area contributed by atoms with E-state index < -0.39 is 27.3 Å². The molecule has 1 heterocycles. The van der Waals surface area contributed by atoms with Gasteiger partial charge in [0.15, 0.2) is 0 Å². The molecule has 3 rings (SSSR count). The molecule has 0 aliphatic heterocycles. The Morgan fingerprint density at radius 1 is 1.03 bits per heavy atom. The lowest BCUT2D eigenvalue weighted by atomic mass is 10.1. The number of benzene rings is 2. The second-order valence-electron chi connectivity index (χ2n) is 6.20. The van der Waals surface area contributed by atoms with Crippen LogP contribution in [-0.2, 0) is 11.2 Å². The summed E-state index contributed by atoms with van der Waals surface area (Å²) in [7, 11) is 0. The van der Waals surface area contributed by atoms with Gasteiger partial charge >= 0.3 is 5.69 Å². The van der Waals surface area contributed by atoms with Crippen LogP contribution in [0.5, 0.6) is 0 Å². The number of aromatic nitrogens is 2. The predicted molar refractivity (Wildman–Crippen MR) is 115 cm³/mol. The van der Waals surface area contributed by atoms with Gasteiger partial charge in [0.1, 0.15) is 12.1 Å². The van der Waals surface area contributed by atoms with E-state index in [1.54, 1.807) is 0 Å². The lowest BCUT2D eigenvalue weighted by Crippen LogP contribution is -2.31. The van der Waals surface area contributed by atoms with Crippen molar-refractivity contribution in [2.45, 2.75) is 6.42 Å². The molecule has 164 valence electrons. The number of hydrogen-bond acceptors (Lipinski definition) is 9. The molecule has 0 saturated heterocycles. The predicted octanol–water partition coefficient (Wildman–Crippen LogP) is 3.62. The lowest BCUT2D eigenvalue weighted by Gasteiger charge is -2.11. The van der Waals surface area contributed by atoms with Crippen LogP contribution in [0.2, 0.25) is 0 Å². The number of nitro benzene ring substituents is 1. The monoisotopic (exact) mass is 505 g/mol. The Bertz CT molecular complexity index is 1190. The van der Waals surface area contributed by atoms with Gasteiger partial charge < -0.3 is 5.32 Å². The average Bonchev–Trinajstić information content (AvgIpc) is 2.74. The Kier molecular flexibility index (Phi) is 6.84. The topological polar surface area (TPSA) is 165 Å². The molecule has 12 nitrogen and oxygen atoms in total. The minimum Gasteiger partial charge on any atom is -0.332 e. The van der Waals surface area contributed by atoms with Crippen molar-refractivity contribution in [1.82, 2.24) is 15.4 Å². The third-order valence-electron chi connectivity index (χ3n) is 4.02. The van der Waals surface area contributed by atoms with Crippen LogP contribution in [0.1, 0.15) is 5.56 Å². The highest BCUT2D eigenvalue weighted by molar-refractivity contribution is 9.10. The van der Waals surface area contributed by atoms with Gasteiger partial charge in [0, 0.05) is 16.6 Å². The van der Waals surface area contributed by atoms with Crippen molar-refractivity contribution in [3.8, 4) is 0 Å². The van der Waals surface area contributed by atoms with Crippen molar-refractivity contribution >= 4 is 50.5 Å². The van der Waals surface area contributed by atoms with Crippen LogP contribution < -0.4 is 16.2 Å². The van der Waals surface area contributed by atoms with Gasteiger partial charge in [-0.05, 0) is 23.8 Å². The first kappa shape index (κ1) is 22.5. The minimum absolute atomic E-state index is 0.0526. The Balaban J connectivity index is 1.73. The zero-order valence-corrected chi connectivity index (χ0v) is 17.5. The van der Waals surface area contributed by atoms with Crippen LogP contribution in [0.4, 0.5) is 33.1 Å². The number of hydrazine groups is 1. The van der Waals surface area contributed by atoms with E-state index in [0.29, 0.717) is 10.0 Å². The Hall–Kier alpha value is -4.20. The maximum absolute atomic E-state index is 14.1. The summed E-state index contributed by atoms with van der Waals surface area (Å²) < 4.78 is 14.6. The van der Waals surface area contributed by atoms with E-state index in [1.165, 1.54) is 42.5 Å². The summed E-state index contributed by atoms with van der Waals surface area (Å²) in [5.41, 5.74) is 4.31. The van der Waals surface area contributed by atoms with Crippen molar-refractivity contribution in [3.05, 3.63) is 84.9 Å². The van der Waals surface area contributed by atoms with Gasteiger partial charge in [0.25, 0.3) is 5.69 Å². The molecule has 1 amide bonds. The first-order valence-electron chi connectivity index (χ1n) is 8.74. The van der Waals surface area contributed by atoms with Gasteiger partial charge in [-0.1, -0.05) is 28.1 Å². The summed E-state index contributed by atoms with van der Waals surface area (Å²) in [5, 5.41) is 24.8. The summed E-state index contributed by atoms with van der Waals surface area (Å²) >= 11 is 3.12. The number of nitrogens with zero attached hydrogens (tertiary/aromatic N) is 4. The molecule has 3 aromatic rings. The van der Waals surface area contributed by atoms with Crippen molar-refractivity contribution < 1.29 is 19.0 Å². The Morgan fingerprint density at radius 2 is 1.72 bits per heavy atom. The minimum atomic E-state index is -0.788. The van der Waals surface area contributed by atoms with Gasteiger partial charge in [0.2, 0.25) is 17.5 Å². The van der Waals surface area contributed by atoms with Gasteiger partial charge in [-0.3, -0.25) is 35.9 Å². The summed E-state index contributed by atoms with van der Waals surface area (Å²) in [6.07, 6.45) is 0.843. The third-order valence-corrected chi connectivity index (χ3v) is 4.51. The van der Waals surface area contributed by atoms with Gasteiger partial charge in [-0.25, -0.2) is 14.4 Å². The highest BCUT2D eigenvalue weighted by Gasteiger charge is 2.24. The van der Waals surface area contributed by atoms with Crippen LogP contribution in [0.3, 0.4) is 0 Å².